The number of carbonyl (C=O) groups is 1. The van der Waals surface area contributed by atoms with E-state index < -0.39 is 6.10 Å². The molecule has 0 saturated heterocycles. The van der Waals surface area contributed by atoms with Crippen molar-refractivity contribution in [3.8, 4) is 5.75 Å². The van der Waals surface area contributed by atoms with Crippen molar-refractivity contribution in [1.29, 1.82) is 0 Å². The van der Waals surface area contributed by atoms with E-state index in [-0.39, 0.29) is 5.91 Å². The molecular weight excluding hydrogens is 288 g/mol. The molecule has 0 radical (unpaired) electrons. The maximum absolute atomic E-state index is 12.5. The summed E-state index contributed by atoms with van der Waals surface area (Å²) in [4.78, 5) is 16.7. The molecule has 0 spiro atoms. The molecule has 1 unspecified atom stereocenters. The van der Waals surface area contributed by atoms with E-state index in [1.807, 2.05) is 32.0 Å². The largest absolute Gasteiger partial charge is 0.481 e. The number of rotatable bonds is 5. The number of benzene rings is 1. The quantitative estimate of drug-likeness (QED) is 0.916. The van der Waals surface area contributed by atoms with Gasteiger partial charge in [-0.1, -0.05) is 19.1 Å². The SMILES string of the molecule is CCC(Oc1ccc2c(c1)CCC2)C(=O)Nc1ncccc1C. The van der Waals surface area contributed by atoms with Gasteiger partial charge in [0.2, 0.25) is 0 Å². The summed E-state index contributed by atoms with van der Waals surface area (Å²) in [5.41, 5.74) is 3.69. The van der Waals surface area contributed by atoms with Crippen LogP contribution in [0.2, 0.25) is 0 Å². The van der Waals surface area contributed by atoms with E-state index in [4.69, 9.17) is 4.74 Å². The molecular formula is C19H22N2O2. The Labute approximate surface area is 136 Å². The number of aryl methyl sites for hydroxylation is 3. The van der Waals surface area contributed by atoms with E-state index in [0.717, 1.165) is 24.2 Å². The number of aromatic nitrogens is 1. The van der Waals surface area contributed by atoms with E-state index in [0.29, 0.717) is 12.2 Å². The molecule has 1 N–H and O–H groups in total. The second-order valence-corrected chi connectivity index (χ2v) is 5.96. The van der Waals surface area contributed by atoms with Gasteiger partial charge in [-0.2, -0.15) is 0 Å². The maximum Gasteiger partial charge on any atom is 0.266 e. The number of nitrogens with one attached hydrogen (secondary N) is 1. The van der Waals surface area contributed by atoms with Crippen molar-refractivity contribution in [2.75, 3.05) is 5.32 Å². The Morgan fingerprint density at radius 2 is 2.13 bits per heavy atom. The van der Waals surface area contributed by atoms with Gasteiger partial charge in [0.1, 0.15) is 11.6 Å². The lowest BCUT2D eigenvalue weighted by Crippen LogP contribution is -2.32. The van der Waals surface area contributed by atoms with Crippen molar-refractivity contribution in [2.45, 2.75) is 45.6 Å². The molecule has 23 heavy (non-hydrogen) atoms. The zero-order valence-corrected chi connectivity index (χ0v) is 13.6. The second-order valence-electron chi connectivity index (χ2n) is 5.96. The third kappa shape index (κ3) is 3.52. The smallest absolute Gasteiger partial charge is 0.266 e. The molecule has 1 aliphatic carbocycles. The Morgan fingerprint density at radius 1 is 1.30 bits per heavy atom. The van der Waals surface area contributed by atoms with Crippen molar-refractivity contribution in [3.05, 3.63) is 53.2 Å². The van der Waals surface area contributed by atoms with Crippen molar-refractivity contribution < 1.29 is 9.53 Å². The van der Waals surface area contributed by atoms with E-state index in [1.54, 1.807) is 6.20 Å². The van der Waals surface area contributed by atoms with E-state index in [1.165, 1.54) is 17.5 Å². The highest BCUT2D eigenvalue weighted by Gasteiger charge is 2.20. The average Bonchev–Trinajstić information content (AvgIpc) is 3.02. The van der Waals surface area contributed by atoms with Crippen LogP contribution >= 0.6 is 0 Å². The van der Waals surface area contributed by atoms with E-state index in [9.17, 15) is 4.79 Å². The number of amides is 1. The van der Waals surface area contributed by atoms with Gasteiger partial charge >= 0.3 is 0 Å². The second kappa shape index (κ2) is 6.82. The zero-order chi connectivity index (χ0) is 16.2. The summed E-state index contributed by atoms with van der Waals surface area (Å²) < 4.78 is 5.92. The van der Waals surface area contributed by atoms with Gasteiger partial charge < -0.3 is 10.1 Å². The molecule has 2 aromatic rings. The van der Waals surface area contributed by atoms with Gasteiger partial charge in [-0.3, -0.25) is 4.79 Å². The molecule has 0 saturated carbocycles. The van der Waals surface area contributed by atoms with Gasteiger partial charge in [-0.15, -0.1) is 0 Å². The van der Waals surface area contributed by atoms with Crippen molar-refractivity contribution in [1.82, 2.24) is 4.98 Å². The number of carbonyl (C=O) groups excluding carboxylic acids is 1. The van der Waals surface area contributed by atoms with Crippen LogP contribution in [0.25, 0.3) is 0 Å². The van der Waals surface area contributed by atoms with Crippen molar-refractivity contribution in [3.63, 3.8) is 0 Å². The number of hydrogen-bond donors (Lipinski definition) is 1. The monoisotopic (exact) mass is 310 g/mol. The first-order valence-electron chi connectivity index (χ1n) is 8.18. The number of anilines is 1. The maximum atomic E-state index is 12.5. The Bertz CT molecular complexity index is 712. The Hall–Kier alpha value is -2.36. The number of fused-ring (bicyclic) bond motifs is 1. The molecule has 1 amide bonds. The van der Waals surface area contributed by atoms with Crippen LogP contribution in [-0.4, -0.2) is 17.0 Å². The molecule has 4 heteroatoms. The molecule has 4 nitrogen and oxygen atoms in total. The zero-order valence-electron chi connectivity index (χ0n) is 13.6. The van der Waals surface area contributed by atoms with E-state index >= 15 is 0 Å². The highest BCUT2D eigenvalue weighted by Crippen LogP contribution is 2.27. The highest BCUT2D eigenvalue weighted by molar-refractivity contribution is 5.94. The van der Waals surface area contributed by atoms with Crippen molar-refractivity contribution >= 4 is 11.7 Å². The van der Waals surface area contributed by atoms with Gasteiger partial charge in [0, 0.05) is 6.20 Å². The van der Waals surface area contributed by atoms with Crippen LogP contribution in [-0.2, 0) is 17.6 Å². The van der Waals surface area contributed by atoms with Crippen LogP contribution in [0.5, 0.6) is 5.75 Å². The van der Waals surface area contributed by atoms with Gasteiger partial charge in [-0.05, 0) is 67.5 Å². The van der Waals surface area contributed by atoms with Gasteiger partial charge in [-0.25, -0.2) is 4.98 Å². The summed E-state index contributed by atoms with van der Waals surface area (Å²) >= 11 is 0. The van der Waals surface area contributed by atoms with Crippen LogP contribution in [0.15, 0.2) is 36.5 Å². The summed E-state index contributed by atoms with van der Waals surface area (Å²) in [6.07, 6.45) is 5.21. The predicted octanol–water partition coefficient (Wildman–Crippen LogP) is 3.67. The van der Waals surface area contributed by atoms with Gasteiger partial charge in [0.15, 0.2) is 6.10 Å². The van der Waals surface area contributed by atoms with Crippen molar-refractivity contribution in [2.24, 2.45) is 0 Å². The fourth-order valence-electron chi connectivity index (χ4n) is 2.92. The first-order chi connectivity index (χ1) is 11.2. The van der Waals surface area contributed by atoms with Crippen LogP contribution in [0.1, 0.15) is 36.5 Å². The predicted molar refractivity (Wildman–Crippen MR) is 90.8 cm³/mol. The van der Waals surface area contributed by atoms with Crippen LogP contribution < -0.4 is 10.1 Å². The molecule has 0 fully saturated rings. The van der Waals surface area contributed by atoms with Gasteiger partial charge in [0.25, 0.3) is 5.91 Å². The minimum atomic E-state index is -0.518. The molecule has 1 heterocycles. The number of ether oxygens (including phenoxy) is 1. The fraction of sp³-hybridized carbons (Fsp3) is 0.368. The molecule has 1 aliphatic rings. The lowest BCUT2D eigenvalue weighted by molar-refractivity contribution is -0.122. The minimum Gasteiger partial charge on any atom is -0.481 e. The molecule has 1 aromatic heterocycles. The van der Waals surface area contributed by atoms with Crippen LogP contribution in [0, 0.1) is 6.92 Å². The first kappa shape index (κ1) is 15.5. The molecule has 0 bridgehead atoms. The molecule has 3 rings (SSSR count). The summed E-state index contributed by atoms with van der Waals surface area (Å²) in [5.74, 6) is 1.20. The summed E-state index contributed by atoms with van der Waals surface area (Å²) in [5, 5.41) is 2.86. The summed E-state index contributed by atoms with van der Waals surface area (Å²) in [6.45, 7) is 3.87. The highest BCUT2D eigenvalue weighted by atomic mass is 16.5. The lowest BCUT2D eigenvalue weighted by atomic mass is 10.1. The molecule has 1 aromatic carbocycles. The van der Waals surface area contributed by atoms with Crippen LogP contribution in [0.4, 0.5) is 5.82 Å². The fourth-order valence-corrected chi connectivity index (χ4v) is 2.92. The lowest BCUT2D eigenvalue weighted by Gasteiger charge is -2.18. The molecule has 1 atom stereocenters. The Balaban J connectivity index is 1.70. The topological polar surface area (TPSA) is 51.2 Å². The third-order valence-corrected chi connectivity index (χ3v) is 4.26. The first-order valence-corrected chi connectivity index (χ1v) is 8.18. The van der Waals surface area contributed by atoms with Crippen LogP contribution in [0.3, 0.4) is 0 Å². The Kier molecular flexibility index (Phi) is 4.60. The molecule has 0 aliphatic heterocycles. The van der Waals surface area contributed by atoms with Gasteiger partial charge in [0.05, 0.1) is 0 Å². The third-order valence-electron chi connectivity index (χ3n) is 4.26. The minimum absolute atomic E-state index is 0.158. The van der Waals surface area contributed by atoms with E-state index in [2.05, 4.69) is 22.4 Å². The normalized spacial score (nSPS) is 14.2. The Morgan fingerprint density at radius 3 is 2.91 bits per heavy atom. The molecule has 120 valence electrons. The number of nitrogens with zero attached hydrogens (tertiary/aromatic N) is 1. The standard InChI is InChI=1S/C19H22N2O2/c1-3-17(19(22)21-18-13(2)6-5-11-20-18)23-16-10-9-14-7-4-8-15(14)12-16/h5-6,9-12,17H,3-4,7-8H2,1-2H3,(H,20,21,22). The average molecular weight is 310 g/mol. The number of pyridine rings is 1. The number of hydrogen-bond acceptors (Lipinski definition) is 3. The summed E-state index contributed by atoms with van der Waals surface area (Å²) in [6, 6.07) is 9.93. The summed E-state index contributed by atoms with van der Waals surface area (Å²) in [7, 11) is 0.